The smallest absolute Gasteiger partial charge is 0.182 e. The Labute approximate surface area is 75.4 Å². The number of hydrogen-bond acceptors (Lipinski definition) is 3. The number of aryl methyl sites for hydroxylation is 1. The van der Waals surface area contributed by atoms with Crippen molar-refractivity contribution >= 4 is 16.9 Å². The van der Waals surface area contributed by atoms with Crippen LogP contribution < -0.4 is 0 Å². The lowest BCUT2D eigenvalue weighted by molar-refractivity contribution is 0.101. The summed E-state index contributed by atoms with van der Waals surface area (Å²) in [6.07, 6.45) is 1.36. The number of nitrogens with zero attached hydrogens (tertiary/aromatic N) is 1. The lowest BCUT2D eigenvalue weighted by Crippen LogP contribution is -1.93. The van der Waals surface area contributed by atoms with E-state index in [-0.39, 0.29) is 5.78 Å². The standard InChI is InChI=1S/C10H9NO2/c1-6-3-8(7(2)12)10-9(4-6)11-5-13-10/h3-5H,1-2H3. The molecule has 0 bridgehead atoms. The van der Waals surface area contributed by atoms with Crippen LogP contribution in [-0.2, 0) is 0 Å². The molecule has 13 heavy (non-hydrogen) atoms. The van der Waals surface area contributed by atoms with Gasteiger partial charge in [-0.1, -0.05) is 0 Å². The third kappa shape index (κ3) is 1.22. The van der Waals surface area contributed by atoms with Crippen LogP contribution in [-0.4, -0.2) is 10.8 Å². The maximum atomic E-state index is 11.2. The molecule has 0 amide bonds. The Morgan fingerprint density at radius 1 is 1.46 bits per heavy atom. The first-order valence-electron chi connectivity index (χ1n) is 4.03. The average molecular weight is 175 g/mol. The minimum atomic E-state index is 0.00505. The van der Waals surface area contributed by atoms with E-state index < -0.39 is 0 Å². The molecule has 1 aromatic carbocycles. The predicted molar refractivity (Wildman–Crippen MR) is 48.8 cm³/mol. The number of fused-ring (bicyclic) bond motifs is 1. The second-order valence-corrected chi connectivity index (χ2v) is 3.07. The van der Waals surface area contributed by atoms with Crippen LogP contribution in [0.4, 0.5) is 0 Å². The molecule has 0 aliphatic carbocycles. The summed E-state index contributed by atoms with van der Waals surface area (Å²) in [5.41, 5.74) is 2.95. The maximum Gasteiger partial charge on any atom is 0.182 e. The molecule has 0 aliphatic heterocycles. The van der Waals surface area contributed by atoms with Gasteiger partial charge in [0, 0.05) is 0 Å². The largest absolute Gasteiger partial charge is 0.443 e. The first-order valence-corrected chi connectivity index (χ1v) is 4.03. The van der Waals surface area contributed by atoms with Crippen molar-refractivity contribution in [3.63, 3.8) is 0 Å². The van der Waals surface area contributed by atoms with Crippen molar-refractivity contribution in [2.24, 2.45) is 0 Å². The number of benzene rings is 1. The van der Waals surface area contributed by atoms with Crippen molar-refractivity contribution < 1.29 is 9.21 Å². The third-order valence-electron chi connectivity index (χ3n) is 1.96. The van der Waals surface area contributed by atoms with E-state index in [1.54, 1.807) is 0 Å². The molecule has 0 saturated carbocycles. The number of rotatable bonds is 1. The Balaban J connectivity index is 2.84. The van der Waals surface area contributed by atoms with E-state index in [9.17, 15) is 4.79 Å². The van der Waals surface area contributed by atoms with Crippen molar-refractivity contribution in [1.29, 1.82) is 0 Å². The Kier molecular flexibility index (Phi) is 1.65. The zero-order valence-electron chi connectivity index (χ0n) is 7.50. The summed E-state index contributed by atoms with van der Waals surface area (Å²) in [6, 6.07) is 3.71. The zero-order chi connectivity index (χ0) is 9.42. The van der Waals surface area contributed by atoms with Gasteiger partial charge in [0.25, 0.3) is 0 Å². The van der Waals surface area contributed by atoms with Gasteiger partial charge < -0.3 is 4.42 Å². The van der Waals surface area contributed by atoms with Gasteiger partial charge in [0.05, 0.1) is 5.56 Å². The molecule has 0 radical (unpaired) electrons. The topological polar surface area (TPSA) is 43.1 Å². The fourth-order valence-electron chi connectivity index (χ4n) is 1.37. The van der Waals surface area contributed by atoms with Crippen LogP contribution in [0, 0.1) is 6.92 Å². The number of Topliss-reactive ketones (excluding diaryl/α,β-unsaturated/α-hetero) is 1. The van der Waals surface area contributed by atoms with Gasteiger partial charge in [0.1, 0.15) is 5.52 Å². The molecule has 66 valence electrons. The summed E-state index contributed by atoms with van der Waals surface area (Å²) in [7, 11) is 0. The van der Waals surface area contributed by atoms with Crippen LogP contribution in [0.5, 0.6) is 0 Å². The Morgan fingerprint density at radius 3 is 2.92 bits per heavy atom. The van der Waals surface area contributed by atoms with Gasteiger partial charge in [-0.3, -0.25) is 4.79 Å². The van der Waals surface area contributed by atoms with Gasteiger partial charge in [-0.15, -0.1) is 0 Å². The Morgan fingerprint density at radius 2 is 2.23 bits per heavy atom. The summed E-state index contributed by atoms with van der Waals surface area (Å²) in [4.78, 5) is 15.2. The van der Waals surface area contributed by atoms with E-state index in [0.29, 0.717) is 11.1 Å². The molecule has 0 N–H and O–H groups in total. The molecule has 1 heterocycles. The number of hydrogen-bond donors (Lipinski definition) is 0. The minimum Gasteiger partial charge on any atom is -0.443 e. The summed E-state index contributed by atoms with van der Waals surface area (Å²) < 4.78 is 5.13. The fraction of sp³-hybridized carbons (Fsp3) is 0.200. The second kappa shape index (κ2) is 2.69. The van der Waals surface area contributed by atoms with Gasteiger partial charge >= 0.3 is 0 Å². The van der Waals surface area contributed by atoms with Crippen LogP contribution in [0.15, 0.2) is 22.9 Å². The highest BCUT2D eigenvalue weighted by molar-refractivity contribution is 6.04. The molecule has 3 nitrogen and oxygen atoms in total. The van der Waals surface area contributed by atoms with Crippen LogP contribution in [0.3, 0.4) is 0 Å². The fourth-order valence-corrected chi connectivity index (χ4v) is 1.37. The second-order valence-electron chi connectivity index (χ2n) is 3.07. The Hall–Kier alpha value is -1.64. The van der Waals surface area contributed by atoms with Crippen molar-refractivity contribution in [3.05, 3.63) is 29.7 Å². The number of aromatic nitrogens is 1. The van der Waals surface area contributed by atoms with Gasteiger partial charge in [0.15, 0.2) is 17.8 Å². The molecule has 2 rings (SSSR count). The highest BCUT2D eigenvalue weighted by Crippen LogP contribution is 2.20. The van der Waals surface area contributed by atoms with Gasteiger partial charge in [-0.2, -0.15) is 0 Å². The average Bonchev–Trinajstić information content (AvgIpc) is 2.49. The van der Waals surface area contributed by atoms with Gasteiger partial charge in [-0.05, 0) is 31.5 Å². The van der Waals surface area contributed by atoms with E-state index in [1.807, 2.05) is 19.1 Å². The summed E-state index contributed by atoms with van der Waals surface area (Å²) in [5.74, 6) is 0.00505. The van der Waals surface area contributed by atoms with Crippen LogP contribution >= 0.6 is 0 Å². The summed E-state index contributed by atoms with van der Waals surface area (Å²) in [6.45, 7) is 3.46. The molecule has 1 aromatic heterocycles. The SMILES string of the molecule is CC(=O)c1cc(C)cc2ncoc12. The molecule has 0 unspecified atom stereocenters. The van der Waals surface area contributed by atoms with Crippen LogP contribution in [0.1, 0.15) is 22.8 Å². The number of ketones is 1. The number of carbonyl (C=O) groups is 1. The monoisotopic (exact) mass is 175 g/mol. The molecule has 2 aromatic rings. The maximum absolute atomic E-state index is 11.2. The molecular weight excluding hydrogens is 166 g/mol. The quantitative estimate of drug-likeness (QED) is 0.625. The first-order chi connectivity index (χ1) is 6.18. The van der Waals surface area contributed by atoms with Crippen LogP contribution in [0.25, 0.3) is 11.1 Å². The third-order valence-corrected chi connectivity index (χ3v) is 1.96. The molecular formula is C10H9NO2. The van der Waals surface area contributed by atoms with Crippen molar-refractivity contribution in [1.82, 2.24) is 4.98 Å². The molecule has 0 fully saturated rings. The van der Waals surface area contributed by atoms with E-state index in [2.05, 4.69) is 4.98 Å². The van der Waals surface area contributed by atoms with E-state index in [4.69, 9.17) is 4.42 Å². The highest BCUT2D eigenvalue weighted by Gasteiger charge is 2.09. The molecule has 0 saturated heterocycles. The first kappa shape index (κ1) is 7.98. The summed E-state index contributed by atoms with van der Waals surface area (Å²) >= 11 is 0. The molecule has 0 atom stereocenters. The van der Waals surface area contributed by atoms with Crippen molar-refractivity contribution in [2.45, 2.75) is 13.8 Å². The molecule has 0 aliphatic rings. The number of carbonyl (C=O) groups excluding carboxylic acids is 1. The Bertz CT molecular complexity index is 471. The van der Waals surface area contributed by atoms with E-state index >= 15 is 0 Å². The van der Waals surface area contributed by atoms with Crippen molar-refractivity contribution in [3.8, 4) is 0 Å². The highest BCUT2D eigenvalue weighted by atomic mass is 16.3. The normalized spacial score (nSPS) is 10.6. The predicted octanol–water partition coefficient (Wildman–Crippen LogP) is 2.34. The summed E-state index contributed by atoms with van der Waals surface area (Å²) in [5, 5.41) is 0. The number of oxazole rings is 1. The lowest BCUT2D eigenvalue weighted by Gasteiger charge is -1.97. The van der Waals surface area contributed by atoms with Crippen LogP contribution in [0.2, 0.25) is 0 Å². The van der Waals surface area contributed by atoms with Gasteiger partial charge in [-0.25, -0.2) is 4.98 Å². The molecule has 0 spiro atoms. The van der Waals surface area contributed by atoms with E-state index in [0.717, 1.165) is 11.1 Å². The lowest BCUT2D eigenvalue weighted by atomic mass is 10.1. The minimum absolute atomic E-state index is 0.00505. The van der Waals surface area contributed by atoms with Crippen molar-refractivity contribution in [2.75, 3.05) is 0 Å². The van der Waals surface area contributed by atoms with Gasteiger partial charge in [0.2, 0.25) is 0 Å². The van der Waals surface area contributed by atoms with E-state index in [1.165, 1.54) is 13.3 Å². The zero-order valence-corrected chi connectivity index (χ0v) is 7.50. The molecule has 3 heteroatoms.